The van der Waals surface area contributed by atoms with Gasteiger partial charge in [-0.15, -0.1) is 0 Å². The summed E-state index contributed by atoms with van der Waals surface area (Å²) >= 11 is 0. The minimum Gasteiger partial charge on any atom is -0.353 e. The normalized spacial score (nSPS) is 11.9. The van der Waals surface area contributed by atoms with Crippen LogP contribution in [-0.2, 0) is 4.79 Å². The van der Waals surface area contributed by atoms with E-state index in [9.17, 15) is 4.79 Å². The van der Waals surface area contributed by atoms with E-state index in [0.717, 1.165) is 24.1 Å². The van der Waals surface area contributed by atoms with Crippen molar-refractivity contribution in [2.75, 3.05) is 6.54 Å². The van der Waals surface area contributed by atoms with Crippen molar-refractivity contribution in [2.24, 2.45) is 0 Å². The number of nitrogens with one attached hydrogen (secondary N) is 1. The van der Waals surface area contributed by atoms with Crippen LogP contribution in [0.25, 0.3) is 6.08 Å². The Hall–Kier alpha value is -1.83. The molecule has 126 valence electrons. The first kappa shape index (κ1) is 19.2. The standard InChI is InChI=1S/C21H31NO/c1-4-5-6-7-8-9-16-22-21(23)15-12-19(3)17-20-13-10-18(2)11-14-20/h10-15,17H,4-9,16H2,1-3H3,(H,22,23)/b15-12+,19-17+. The van der Waals surface area contributed by atoms with Gasteiger partial charge in [0.05, 0.1) is 0 Å². The third kappa shape index (κ3) is 9.72. The van der Waals surface area contributed by atoms with E-state index in [1.54, 1.807) is 6.08 Å². The Labute approximate surface area is 141 Å². The number of rotatable bonds is 10. The third-order valence-corrected chi connectivity index (χ3v) is 3.80. The van der Waals surface area contributed by atoms with Gasteiger partial charge in [-0.25, -0.2) is 0 Å². The lowest BCUT2D eigenvalue weighted by atomic mass is 10.1. The lowest BCUT2D eigenvalue weighted by molar-refractivity contribution is -0.116. The van der Waals surface area contributed by atoms with E-state index < -0.39 is 0 Å². The molecular weight excluding hydrogens is 282 g/mol. The molecule has 0 spiro atoms. The first-order valence-electron chi connectivity index (χ1n) is 8.82. The molecule has 1 amide bonds. The second-order valence-corrected chi connectivity index (χ2v) is 6.19. The minimum atomic E-state index is -0.00443. The van der Waals surface area contributed by atoms with E-state index >= 15 is 0 Å². The maximum absolute atomic E-state index is 11.8. The first-order chi connectivity index (χ1) is 11.1. The van der Waals surface area contributed by atoms with E-state index in [2.05, 4.69) is 49.5 Å². The molecule has 23 heavy (non-hydrogen) atoms. The fourth-order valence-corrected chi connectivity index (χ4v) is 2.36. The van der Waals surface area contributed by atoms with Crippen LogP contribution >= 0.6 is 0 Å². The van der Waals surface area contributed by atoms with Gasteiger partial charge in [0.1, 0.15) is 0 Å². The molecule has 0 aromatic heterocycles. The summed E-state index contributed by atoms with van der Waals surface area (Å²) in [6.07, 6.45) is 13.0. The van der Waals surface area contributed by atoms with Crippen LogP contribution in [0.4, 0.5) is 0 Å². The van der Waals surface area contributed by atoms with Gasteiger partial charge in [0.15, 0.2) is 0 Å². The predicted octanol–water partition coefficient (Wildman–Crippen LogP) is 5.43. The Bertz CT molecular complexity index is 511. The van der Waals surface area contributed by atoms with Gasteiger partial charge in [-0.3, -0.25) is 4.79 Å². The van der Waals surface area contributed by atoms with Gasteiger partial charge in [-0.05, 0) is 25.8 Å². The second-order valence-electron chi connectivity index (χ2n) is 6.19. The summed E-state index contributed by atoms with van der Waals surface area (Å²) in [7, 11) is 0. The predicted molar refractivity (Wildman–Crippen MR) is 100 cm³/mol. The lowest BCUT2D eigenvalue weighted by Gasteiger charge is -2.02. The van der Waals surface area contributed by atoms with Crippen LogP contribution in [0.2, 0.25) is 0 Å². The summed E-state index contributed by atoms with van der Waals surface area (Å²) in [5.74, 6) is -0.00443. The molecule has 1 aromatic carbocycles. The molecule has 1 aromatic rings. The largest absolute Gasteiger partial charge is 0.353 e. The van der Waals surface area contributed by atoms with Crippen LogP contribution in [0.15, 0.2) is 42.0 Å². The molecular formula is C21H31NO. The number of carbonyl (C=O) groups is 1. The molecule has 0 saturated heterocycles. The van der Waals surface area contributed by atoms with E-state index in [4.69, 9.17) is 0 Å². The Morgan fingerprint density at radius 1 is 1.00 bits per heavy atom. The smallest absolute Gasteiger partial charge is 0.243 e. The summed E-state index contributed by atoms with van der Waals surface area (Å²) in [5, 5.41) is 2.95. The highest BCUT2D eigenvalue weighted by Gasteiger charge is 1.95. The SMILES string of the molecule is CCCCCCCCNC(=O)/C=C/C(C)=C/c1ccc(C)cc1. The van der Waals surface area contributed by atoms with Crippen LogP contribution in [-0.4, -0.2) is 12.5 Å². The number of hydrogen-bond donors (Lipinski definition) is 1. The molecule has 0 fully saturated rings. The maximum atomic E-state index is 11.8. The second kappa shape index (κ2) is 11.7. The lowest BCUT2D eigenvalue weighted by Crippen LogP contribution is -2.22. The Kier molecular flexibility index (Phi) is 9.78. The van der Waals surface area contributed by atoms with Crippen molar-refractivity contribution in [3.63, 3.8) is 0 Å². The first-order valence-corrected chi connectivity index (χ1v) is 8.82. The zero-order chi connectivity index (χ0) is 16.9. The zero-order valence-corrected chi connectivity index (χ0v) is 14.9. The Balaban J connectivity index is 2.24. The van der Waals surface area contributed by atoms with Crippen LogP contribution in [0.5, 0.6) is 0 Å². The molecule has 0 aliphatic carbocycles. The fraction of sp³-hybridized carbons (Fsp3) is 0.476. The van der Waals surface area contributed by atoms with Gasteiger partial charge in [-0.1, -0.05) is 86.6 Å². The highest BCUT2D eigenvalue weighted by molar-refractivity contribution is 5.88. The number of carbonyl (C=O) groups excluding carboxylic acids is 1. The van der Waals surface area contributed by atoms with Gasteiger partial charge < -0.3 is 5.32 Å². The summed E-state index contributed by atoms with van der Waals surface area (Å²) in [4.78, 5) is 11.8. The molecule has 0 saturated carbocycles. The molecule has 1 rings (SSSR count). The highest BCUT2D eigenvalue weighted by Crippen LogP contribution is 2.09. The van der Waals surface area contributed by atoms with Crippen LogP contribution in [0, 0.1) is 6.92 Å². The van der Waals surface area contributed by atoms with Crippen molar-refractivity contribution in [2.45, 2.75) is 59.3 Å². The summed E-state index contributed by atoms with van der Waals surface area (Å²) in [6.45, 7) is 7.09. The minimum absolute atomic E-state index is 0.00443. The van der Waals surface area contributed by atoms with E-state index in [1.165, 1.54) is 37.7 Å². The topological polar surface area (TPSA) is 29.1 Å². The Morgan fingerprint density at radius 3 is 2.35 bits per heavy atom. The van der Waals surface area contributed by atoms with Crippen molar-refractivity contribution in [1.82, 2.24) is 5.32 Å². The van der Waals surface area contributed by atoms with Crippen molar-refractivity contribution in [3.05, 3.63) is 53.1 Å². The molecule has 0 aliphatic rings. The summed E-state index contributed by atoms with van der Waals surface area (Å²) < 4.78 is 0. The number of aryl methyl sites for hydroxylation is 1. The van der Waals surface area contributed by atoms with Crippen LogP contribution in [0.1, 0.15) is 63.5 Å². The van der Waals surface area contributed by atoms with Gasteiger partial charge in [0, 0.05) is 12.6 Å². The molecule has 2 nitrogen and oxygen atoms in total. The summed E-state index contributed by atoms with van der Waals surface area (Å²) in [5.41, 5.74) is 3.48. The number of allylic oxidation sites excluding steroid dienone is 2. The van der Waals surface area contributed by atoms with Crippen LogP contribution < -0.4 is 5.32 Å². The monoisotopic (exact) mass is 313 g/mol. The average Bonchev–Trinajstić information content (AvgIpc) is 2.54. The van der Waals surface area contributed by atoms with Gasteiger partial charge in [-0.2, -0.15) is 0 Å². The van der Waals surface area contributed by atoms with E-state index in [0.29, 0.717) is 0 Å². The van der Waals surface area contributed by atoms with Gasteiger partial charge in [0.2, 0.25) is 5.91 Å². The molecule has 0 atom stereocenters. The van der Waals surface area contributed by atoms with Crippen molar-refractivity contribution in [1.29, 1.82) is 0 Å². The highest BCUT2D eigenvalue weighted by atomic mass is 16.1. The molecule has 0 heterocycles. The van der Waals surface area contributed by atoms with Crippen LogP contribution in [0.3, 0.4) is 0 Å². The zero-order valence-electron chi connectivity index (χ0n) is 14.9. The molecule has 2 heteroatoms. The van der Waals surface area contributed by atoms with Gasteiger partial charge >= 0.3 is 0 Å². The maximum Gasteiger partial charge on any atom is 0.243 e. The van der Waals surface area contributed by atoms with Crippen molar-refractivity contribution < 1.29 is 4.79 Å². The molecule has 1 N–H and O–H groups in total. The number of benzene rings is 1. The van der Waals surface area contributed by atoms with Gasteiger partial charge in [0.25, 0.3) is 0 Å². The van der Waals surface area contributed by atoms with E-state index in [-0.39, 0.29) is 5.91 Å². The van der Waals surface area contributed by atoms with E-state index in [1.807, 2.05) is 13.0 Å². The number of hydrogen-bond acceptors (Lipinski definition) is 1. The van der Waals surface area contributed by atoms with Crippen molar-refractivity contribution >= 4 is 12.0 Å². The Morgan fingerprint density at radius 2 is 1.65 bits per heavy atom. The number of amides is 1. The fourth-order valence-electron chi connectivity index (χ4n) is 2.36. The third-order valence-electron chi connectivity index (χ3n) is 3.80. The molecule has 0 radical (unpaired) electrons. The molecule has 0 aliphatic heterocycles. The molecule has 0 unspecified atom stereocenters. The molecule has 0 bridgehead atoms. The average molecular weight is 313 g/mol. The van der Waals surface area contributed by atoms with Crippen molar-refractivity contribution in [3.8, 4) is 0 Å². The number of unbranched alkanes of at least 4 members (excludes halogenated alkanes) is 5. The quantitative estimate of drug-likeness (QED) is 0.348. The summed E-state index contributed by atoms with van der Waals surface area (Å²) in [6, 6.07) is 8.36.